The summed E-state index contributed by atoms with van der Waals surface area (Å²) in [5, 5.41) is 0. The molecule has 0 atom stereocenters. The third-order valence-electron chi connectivity index (χ3n) is 3.73. The van der Waals surface area contributed by atoms with Crippen LogP contribution in [0.25, 0.3) is 17.7 Å². The minimum Gasteiger partial charge on any atom is -0.0622 e. The average molecular weight is 308 g/mol. The molecular formula is C24H20. The van der Waals surface area contributed by atoms with Gasteiger partial charge in [0, 0.05) is 0 Å². The van der Waals surface area contributed by atoms with E-state index in [1.165, 1.54) is 22.3 Å². The molecule has 0 heteroatoms. The van der Waals surface area contributed by atoms with E-state index in [9.17, 15) is 0 Å². The Bertz CT molecular complexity index is 823. The Morgan fingerprint density at radius 3 is 1.62 bits per heavy atom. The van der Waals surface area contributed by atoms with Crippen LogP contribution in [0.2, 0.25) is 0 Å². The summed E-state index contributed by atoms with van der Waals surface area (Å²) >= 11 is 0. The second-order valence-electron chi connectivity index (χ2n) is 5.50. The summed E-state index contributed by atoms with van der Waals surface area (Å²) in [5.41, 5.74) is 4.80. The molecule has 3 rings (SSSR count). The predicted molar refractivity (Wildman–Crippen MR) is 105 cm³/mol. The summed E-state index contributed by atoms with van der Waals surface area (Å²) in [6.45, 7) is 0. The zero-order valence-electron chi connectivity index (χ0n) is 13.5. The molecular weight excluding hydrogens is 288 g/mol. The van der Waals surface area contributed by atoms with Crippen LogP contribution in [0.3, 0.4) is 0 Å². The van der Waals surface area contributed by atoms with Gasteiger partial charge in [-0.1, -0.05) is 121 Å². The van der Waals surface area contributed by atoms with Gasteiger partial charge in [0.2, 0.25) is 0 Å². The second-order valence-corrected chi connectivity index (χ2v) is 5.50. The van der Waals surface area contributed by atoms with Crippen LogP contribution in [-0.4, -0.2) is 0 Å². The van der Waals surface area contributed by atoms with Gasteiger partial charge in [0.25, 0.3) is 0 Å². The van der Waals surface area contributed by atoms with Gasteiger partial charge >= 0.3 is 0 Å². The molecule has 0 amide bonds. The Morgan fingerprint density at radius 1 is 0.542 bits per heavy atom. The maximum absolute atomic E-state index is 2.17. The minimum absolute atomic E-state index is 1.19. The Morgan fingerprint density at radius 2 is 1.04 bits per heavy atom. The van der Waals surface area contributed by atoms with Crippen LogP contribution in [0.4, 0.5) is 0 Å². The summed E-state index contributed by atoms with van der Waals surface area (Å²) in [6.07, 6.45) is 10.7. The van der Waals surface area contributed by atoms with E-state index in [4.69, 9.17) is 0 Å². The van der Waals surface area contributed by atoms with Gasteiger partial charge in [0.1, 0.15) is 0 Å². The molecule has 0 fully saturated rings. The topological polar surface area (TPSA) is 0 Å². The molecule has 0 radical (unpaired) electrons. The highest BCUT2D eigenvalue weighted by Gasteiger charge is 1.95. The van der Waals surface area contributed by atoms with Crippen molar-refractivity contribution in [3.63, 3.8) is 0 Å². The molecule has 0 spiro atoms. The highest BCUT2D eigenvalue weighted by Crippen LogP contribution is 2.18. The molecule has 0 saturated carbocycles. The van der Waals surface area contributed by atoms with Gasteiger partial charge in [-0.3, -0.25) is 0 Å². The van der Waals surface area contributed by atoms with Gasteiger partial charge in [-0.25, -0.2) is 0 Å². The normalized spacial score (nSPS) is 12.1. The molecule has 0 aliphatic heterocycles. The lowest BCUT2D eigenvalue weighted by molar-refractivity contribution is 1.61. The van der Waals surface area contributed by atoms with Crippen molar-refractivity contribution in [3.8, 4) is 0 Å². The molecule has 3 aromatic rings. The molecule has 0 heterocycles. The Kier molecular flexibility index (Phi) is 5.58. The fourth-order valence-corrected chi connectivity index (χ4v) is 2.46. The van der Waals surface area contributed by atoms with Crippen LogP contribution >= 0.6 is 0 Å². The van der Waals surface area contributed by atoms with E-state index in [0.29, 0.717) is 0 Å². The molecule has 3 aromatic carbocycles. The van der Waals surface area contributed by atoms with E-state index >= 15 is 0 Å². The molecule has 116 valence electrons. The van der Waals surface area contributed by atoms with Crippen molar-refractivity contribution in [3.05, 3.63) is 126 Å². The average Bonchev–Trinajstić information content (AvgIpc) is 2.67. The van der Waals surface area contributed by atoms with Crippen LogP contribution in [0.15, 0.2) is 109 Å². The summed E-state index contributed by atoms with van der Waals surface area (Å²) in [5.74, 6) is 0. The standard InChI is InChI=1S/C24H20/c1-4-11-21(12-5-1)15-10-18-24(23-16-8-3-9-17-23)20-19-22-13-6-2-7-14-22/h1-20H. The van der Waals surface area contributed by atoms with Gasteiger partial charge in [0.15, 0.2) is 0 Å². The summed E-state index contributed by atoms with van der Waals surface area (Å²) in [7, 11) is 0. The van der Waals surface area contributed by atoms with Gasteiger partial charge in [0.05, 0.1) is 0 Å². The zero-order valence-corrected chi connectivity index (χ0v) is 13.5. The smallest absolute Gasteiger partial charge is 0.0184 e. The number of rotatable bonds is 5. The lowest BCUT2D eigenvalue weighted by Gasteiger charge is -2.02. The molecule has 0 aliphatic carbocycles. The van der Waals surface area contributed by atoms with Crippen molar-refractivity contribution in [1.82, 2.24) is 0 Å². The van der Waals surface area contributed by atoms with Crippen LogP contribution in [-0.2, 0) is 0 Å². The second kappa shape index (κ2) is 8.50. The first-order valence-electron chi connectivity index (χ1n) is 8.14. The molecule has 24 heavy (non-hydrogen) atoms. The number of hydrogen-bond donors (Lipinski definition) is 0. The number of allylic oxidation sites excluding steroid dienone is 4. The molecule has 0 aromatic heterocycles. The quantitative estimate of drug-likeness (QED) is 0.472. The van der Waals surface area contributed by atoms with E-state index in [1.54, 1.807) is 0 Å². The highest BCUT2D eigenvalue weighted by molar-refractivity contribution is 5.80. The van der Waals surface area contributed by atoms with E-state index in [-0.39, 0.29) is 0 Å². The van der Waals surface area contributed by atoms with Gasteiger partial charge in [-0.05, 0) is 22.3 Å². The first-order valence-corrected chi connectivity index (χ1v) is 8.14. The fourth-order valence-electron chi connectivity index (χ4n) is 2.46. The molecule has 0 unspecified atom stereocenters. The molecule has 0 aliphatic rings. The third kappa shape index (κ3) is 4.69. The molecule has 0 bridgehead atoms. The van der Waals surface area contributed by atoms with Crippen LogP contribution in [0.1, 0.15) is 16.7 Å². The molecule has 0 nitrogen and oxygen atoms in total. The van der Waals surface area contributed by atoms with E-state index in [0.717, 1.165) is 0 Å². The highest BCUT2D eigenvalue weighted by atomic mass is 14.0. The van der Waals surface area contributed by atoms with Crippen molar-refractivity contribution in [2.45, 2.75) is 0 Å². The monoisotopic (exact) mass is 308 g/mol. The first-order chi connectivity index (χ1) is 11.9. The SMILES string of the molecule is C(=Cc1ccccc1)C=C(C=Cc1ccccc1)c1ccccc1. The third-order valence-corrected chi connectivity index (χ3v) is 3.73. The number of benzene rings is 3. The van der Waals surface area contributed by atoms with E-state index in [2.05, 4.69) is 103 Å². The van der Waals surface area contributed by atoms with Crippen molar-refractivity contribution in [2.24, 2.45) is 0 Å². The minimum atomic E-state index is 1.19. The van der Waals surface area contributed by atoms with Crippen LogP contribution in [0.5, 0.6) is 0 Å². The lowest BCUT2D eigenvalue weighted by Crippen LogP contribution is -1.80. The van der Waals surface area contributed by atoms with E-state index in [1.807, 2.05) is 18.2 Å². The Labute approximate surface area is 144 Å². The maximum atomic E-state index is 2.17. The predicted octanol–water partition coefficient (Wildman–Crippen LogP) is 6.50. The van der Waals surface area contributed by atoms with E-state index < -0.39 is 0 Å². The zero-order chi connectivity index (χ0) is 16.5. The van der Waals surface area contributed by atoms with Gasteiger partial charge in [-0.2, -0.15) is 0 Å². The van der Waals surface area contributed by atoms with Crippen molar-refractivity contribution >= 4 is 17.7 Å². The van der Waals surface area contributed by atoms with Crippen molar-refractivity contribution in [2.75, 3.05) is 0 Å². The summed E-state index contributed by atoms with van der Waals surface area (Å²) < 4.78 is 0. The summed E-state index contributed by atoms with van der Waals surface area (Å²) in [4.78, 5) is 0. The fraction of sp³-hybridized carbons (Fsp3) is 0. The van der Waals surface area contributed by atoms with Gasteiger partial charge in [-0.15, -0.1) is 0 Å². The van der Waals surface area contributed by atoms with Gasteiger partial charge < -0.3 is 0 Å². The van der Waals surface area contributed by atoms with Crippen molar-refractivity contribution in [1.29, 1.82) is 0 Å². The lowest BCUT2D eigenvalue weighted by atomic mass is 10.0. The molecule has 0 saturated heterocycles. The number of hydrogen-bond acceptors (Lipinski definition) is 0. The Balaban J connectivity index is 1.86. The largest absolute Gasteiger partial charge is 0.0622 e. The van der Waals surface area contributed by atoms with Crippen LogP contribution < -0.4 is 0 Å². The van der Waals surface area contributed by atoms with Crippen molar-refractivity contribution < 1.29 is 0 Å². The summed E-state index contributed by atoms with van der Waals surface area (Å²) in [6, 6.07) is 31.2. The Hall–Kier alpha value is -3.12. The first kappa shape index (κ1) is 15.8. The van der Waals surface area contributed by atoms with Crippen LogP contribution in [0, 0.1) is 0 Å². The maximum Gasteiger partial charge on any atom is -0.0184 e. The molecule has 0 N–H and O–H groups in total.